The fourth-order valence-electron chi connectivity index (χ4n) is 2.78. The molecule has 2 nitrogen and oxygen atoms in total. The molecular formula is C14H30N2. The highest BCUT2D eigenvalue weighted by Crippen LogP contribution is 2.21. The highest BCUT2D eigenvalue weighted by Gasteiger charge is 2.22. The van der Waals surface area contributed by atoms with Gasteiger partial charge in [0.15, 0.2) is 0 Å². The monoisotopic (exact) mass is 226 g/mol. The van der Waals surface area contributed by atoms with Crippen LogP contribution in [-0.4, -0.2) is 36.6 Å². The molecule has 0 aliphatic carbocycles. The van der Waals surface area contributed by atoms with Crippen LogP contribution in [0.15, 0.2) is 0 Å². The molecule has 2 unspecified atom stereocenters. The van der Waals surface area contributed by atoms with E-state index in [0.29, 0.717) is 0 Å². The van der Waals surface area contributed by atoms with Gasteiger partial charge in [0.25, 0.3) is 0 Å². The highest BCUT2D eigenvalue weighted by molar-refractivity contribution is 4.77. The molecule has 0 aromatic carbocycles. The van der Waals surface area contributed by atoms with Gasteiger partial charge in [-0.15, -0.1) is 0 Å². The Morgan fingerprint density at radius 2 is 1.94 bits per heavy atom. The average Bonchev–Trinajstić information content (AvgIpc) is 2.27. The van der Waals surface area contributed by atoms with E-state index in [0.717, 1.165) is 24.5 Å². The molecule has 0 aromatic rings. The summed E-state index contributed by atoms with van der Waals surface area (Å²) in [6, 6.07) is 1.51. The maximum absolute atomic E-state index is 3.66. The van der Waals surface area contributed by atoms with Crippen molar-refractivity contribution in [3.05, 3.63) is 0 Å². The molecule has 1 fully saturated rings. The Labute approximate surface area is 102 Å². The molecular weight excluding hydrogens is 196 g/mol. The van der Waals surface area contributed by atoms with Gasteiger partial charge < -0.3 is 5.32 Å². The summed E-state index contributed by atoms with van der Waals surface area (Å²) in [5, 5.41) is 3.66. The van der Waals surface area contributed by atoms with Crippen LogP contribution in [0.25, 0.3) is 0 Å². The van der Waals surface area contributed by atoms with Crippen molar-refractivity contribution in [3.63, 3.8) is 0 Å². The minimum Gasteiger partial charge on any atom is -0.313 e. The third-order valence-corrected chi connectivity index (χ3v) is 4.09. The predicted octanol–water partition coefficient (Wildman–Crippen LogP) is 2.89. The van der Waals surface area contributed by atoms with Gasteiger partial charge in [0.1, 0.15) is 0 Å². The van der Waals surface area contributed by atoms with Crippen molar-refractivity contribution < 1.29 is 0 Å². The second-order valence-corrected chi connectivity index (χ2v) is 5.48. The van der Waals surface area contributed by atoms with Gasteiger partial charge in [0, 0.05) is 25.2 Å². The molecule has 16 heavy (non-hydrogen) atoms. The van der Waals surface area contributed by atoms with Gasteiger partial charge in [-0.1, -0.05) is 20.8 Å². The highest BCUT2D eigenvalue weighted by atomic mass is 15.2. The first kappa shape index (κ1) is 14.0. The minimum atomic E-state index is 0.721. The van der Waals surface area contributed by atoms with E-state index in [1.807, 2.05) is 0 Å². The smallest absolute Gasteiger partial charge is 0.0110 e. The van der Waals surface area contributed by atoms with Crippen molar-refractivity contribution in [1.82, 2.24) is 10.2 Å². The Balaban J connectivity index is 2.17. The Morgan fingerprint density at radius 1 is 1.25 bits per heavy atom. The minimum absolute atomic E-state index is 0.721. The zero-order valence-electron chi connectivity index (χ0n) is 11.6. The predicted molar refractivity (Wildman–Crippen MR) is 71.8 cm³/mol. The maximum atomic E-state index is 3.66. The van der Waals surface area contributed by atoms with Crippen LogP contribution in [0.3, 0.4) is 0 Å². The lowest BCUT2D eigenvalue weighted by Crippen LogP contribution is -2.44. The van der Waals surface area contributed by atoms with Gasteiger partial charge in [-0.25, -0.2) is 0 Å². The van der Waals surface area contributed by atoms with Crippen LogP contribution in [0.1, 0.15) is 53.4 Å². The number of nitrogens with one attached hydrogen (secondary N) is 1. The number of piperidine rings is 1. The molecule has 0 spiro atoms. The third kappa shape index (κ3) is 4.42. The van der Waals surface area contributed by atoms with Crippen molar-refractivity contribution in [2.45, 2.75) is 65.5 Å². The fourth-order valence-corrected chi connectivity index (χ4v) is 2.78. The lowest BCUT2D eigenvalue weighted by Gasteiger charge is -2.36. The first-order valence-electron chi connectivity index (χ1n) is 7.14. The summed E-state index contributed by atoms with van der Waals surface area (Å²) in [7, 11) is 0. The molecule has 1 N–H and O–H groups in total. The topological polar surface area (TPSA) is 15.3 Å². The van der Waals surface area contributed by atoms with E-state index in [4.69, 9.17) is 0 Å². The standard InChI is InChI=1S/C14H30N2/c1-5-14(6-2)15-8-10-16-9-7-12(3)11-13(16)4/h12-15H,5-11H2,1-4H3. The SMILES string of the molecule is CCC(CC)NCCN1CCC(C)CC1C. The second-order valence-electron chi connectivity index (χ2n) is 5.48. The van der Waals surface area contributed by atoms with Crippen LogP contribution in [0.5, 0.6) is 0 Å². The van der Waals surface area contributed by atoms with Crippen LogP contribution < -0.4 is 5.32 Å². The molecule has 0 bridgehead atoms. The lowest BCUT2D eigenvalue weighted by molar-refractivity contribution is 0.129. The Bertz CT molecular complexity index is 178. The van der Waals surface area contributed by atoms with Crippen LogP contribution in [0.2, 0.25) is 0 Å². The van der Waals surface area contributed by atoms with E-state index in [2.05, 4.69) is 37.9 Å². The van der Waals surface area contributed by atoms with Crippen LogP contribution in [-0.2, 0) is 0 Å². The summed E-state index contributed by atoms with van der Waals surface area (Å²) in [6.07, 6.45) is 5.27. The van der Waals surface area contributed by atoms with Crippen LogP contribution in [0, 0.1) is 5.92 Å². The van der Waals surface area contributed by atoms with Crippen LogP contribution in [0.4, 0.5) is 0 Å². The van der Waals surface area contributed by atoms with Gasteiger partial charge >= 0.3 is 0 Å². The quantitative estimate of drug-likeness (QED) is 0.749. The summed E-state index contributed by atoms with van der Waals surface area (Å²) in [5.41, 5.74) is 0. The number of nitrogens with zero attached hydrogens (tertiary/aromatic N) is 1. The fraction of sp³-hybridized carbons (Fsp3) is 1.00. The molecule has 2 atom stereocenters. The molecule has 1 saturated heterocycles. The number of rotatable bonds is 6. The summed E-state index contributed by atoms with van der Waals surface area (Å²) in [4.78, 5) is 2.65. The lowest BCUT2D eigenvalue weighted by atomic mass is 9.93. The summed E-state index contributed by atoms with van der Waals surface area (Å²) >= 11 is 0. The second kappa shape index (κ2) is 7.29. The molecule has 1 heterocycles. The maximum Gasteiger partial charge on any atom is 0.0110 e. The summed E-state index contributed by atoms with van der Waals surface area (Å²) in [5.74, 6) is 0.929. The molecule has 0 saturated carbocycles. The molecule has 0 aromatic heterocycles. The third-order valence-electron chi connectivity index (χ3n) is 4.09. The van der Waals surface area contributed by atoms with Crippen molar-refractivity contribution in [3.8, 4) is 0 Å². The molecule has 2 heteroatoms. The van der Waals surface area contributed by atoms with E-state index in [9.17, 15) is 0 Å². The van der Waals surface area contributed by atoms with Gasteiger partial charge in [0.05, 0.1) is 0 Å². The normalized spacial score (nSPS) is 27.6. The zero-order chi connectivity index (χ0) is 12.0. The Hall–Kier alpha value is -0.0800. The van der Waals surface area contributed by atoms with Gasteiger partial charge in [-0.05, 0) is 45.1 Å². The molecule has 1 aliphatic rings. The van der Waals surface area contributed by atoms with E-state index >= 15 is 0 Å². The van der Waals surface area contributed by atoms with Crippen LogP contribution >= 0.6 is 0 Å². The summed E-state index contributed by atoms with van der Waals surface area (Å²) in [6.45, 7) is 13.0. The van der Waals surface area contributed by atoms with Gasteiger partial charge in [-0.3, -0.25) is 4.90 Å². The number of hydrogen-bond donors (Lipinski definition) is 1. The van der Waals surface area contributed by atoms with Crippen molar-refractivity contribution >= 4 is 0 Å². The zero-order valence-corrected chi connectivity index (χ0v) is 11.6. The molecule has 1 aliphatic heterocycles. The Morgan fingerprint density at radius 3 is 2.50 bits per heavy atom. The first-order valence-corrected chi connectivity index (χ1v) is 7.14. The molecule has 96 valence electrons. The number of hydrogen-bond acceptors (Lipinski definition) is 2. The average molecular weight is 226 g/mol. The largest absolute Gasteiger partial charge is 0.313 e. The van der Waals surface area contributed by atoms with Crippen molar-refractivity contribution in [2.75, 3.05) is 19.6 Å². The van der Waals surface area contributed by atoms with Gasteiger partial charge in [0.2, 0.25) is 0 Å². The number of likely N-dealkylation sites (tertiary alicyclic amines) is 1. The Kier molecular flexibility index (Phi) is 6.37. The van der Waals surface area contributed by atoms with Gasteiger partial charge in [-0.2, -0.15) is 0 Å². The molecule has 0 amide bonds. The molecule has 0 radical (unpaired) electrons. The van der Waals surface area contributed by atoms with E-state index in [-0.39, 0.29) is 0 Å². The molecule has 1 rings (SSSR count). The van der Waals surface area contributed by atoms with E-state index in [1.54, 1.807) is 0 Å². The van der Waals surface area contributed by atoms with Crippen molar-refractivity contribution in [1.29, 1.82) is 0 Å². The summed E-state index contributed by atoms with van der Waals surface area (Å²) < 4.78 is 0. The van der Waals surface area contributed by atoms with Crippen molar-refractivity contribution in [2.24, 2.45) is 5.92 Å². The van der Waals surface area contributed by atoms with E-state index in [1.165, 1.54) is 38.8 Å². The first-order chi connectivity index (χ1) is 7.67. The van der Waals surface area contributed by atoms with E-state index < -0.39 is 0 Å².